The number of aromatic nitrogens is 3. The lowest BCUT2D eigenvalue weighted by Gasteiger charge is -2.29. The van der Waals surface area contributed by atoms with E-state index in [1.54, 1.807) is 11.3 Å². The molecule has 1 saturated carbocycles. The molecule has 0 bridgehead atoms. The molecule has 2 aromatic rings. The van der Waals surface area contributed by atoms with E-state index in [1.165, 1.54) is 5.56 Å². The number of carbonyl (C=O) groups is 1. The summed E-state index contributed by atoms with van der Waals surface area (Å²) in [7, 11) is 0. The van der Waals surface area contributed by atoms with Crippen LogP contribution in [-0.2, 0) is 6.54 Å². The molecular formula is C18H25N5OS. The van der Waals surface area contributed by atoms with Gasteiger partial charge in [-0.1, -0.05) is 5.21 Å². The van der Waals surface area contributed by atoms with E-state index in [2.05, 4.69) is 32.5 Å². The first-order valence-corrected chi connectivity index (χ1v) is 10.2. The van der Waals surface area contributed by atoms with Crippen molar-refractivity contribution in [1.29, 1.82) is 0 Å². The topological polar surface area (TPSA) is 63.1 Å². The Kier molecular flexibility index (Phi) is 5.12. The van der Waals surface area contributed by atoms with Crippen molar-refractivity contribution in [1.82, 2.24) is 25.2 Å². The maximum absolute atomic E-state index is 12.4. The fourth-order valence-electron chi connectivity index (χ4n) is 3.84. The second-order valence-electron chi connectivity index (χ2n) is 7.10. The van der Waals surface area contributed by atoms with Crippen molar-refractivity contribution in [2.45, 2.75) is 57.2 Å². The highest BCUT2D eigenvalue weighted by atomic mass is 32.1. The minimum absolute atomic E-state index is 0.0369. The van der Waals surface area contributed by atoms with Gasteiger partial charge in [0.25, 0.3) is 5.91 Å². The summed E-state index contributed by atoms with van der Waals surface area (Å²) < 4.78 is 1.92. The molecule has 1 N–H and O–H groups in total. The zero-order valence-electron chi connectivity index (χ0n) is 14.4. The highest BCUT2D eigenvalue weighted by Gasteiger charge is 2.26. The molecule has 1 saturated heterocycles. The van der Waals surface area contributed by atoms with Crippen molar-refractivity contribution in [3.05, 3.63) is 34.3 Å². The fraction of sp³-hybridized carbons (Fsp3) is 0.611. The summed E-state index contributed by atoms with van der Waals surface area (Å²) in [6.45, 7) is 2.66. The lowest BCUT2D eigenvalue weighted by molar-refractivity contribution is 0.0787. The monoisotopic (exact) mass is 359 g/mol. The van der Waals surface area contributed by atoms with Crippen molar-refractivity contribution < 1.29 is 4.79 Å². The van der Waals surface area contributed by atoms with Crippen LogP contribution >= 0.6 is 11.3 Å². The molecule has 3 heterocycles. The van der Waals surface area contributed by atoms with Crippen LogP contribution in [0.2, 0.25) is 0 Å². The molecule has 0 spiro atoms. The summed E-state index contributed by atoms with van der Waals surface area (Å²) in [6.07, 6.45) is 8.51. The van der Waals surface area contributed by atoms with E-state index >= 15 is 0 Å². The molecule has 1 aliphatic carbocycles. The minimum Gasteiger partial charge on any atom is -0.337 e. The van der Waals surface area contributed by atoms with E-state index in [-0.39, 0.29) is 5.91 Å². The lowest BCUT2D eigenvalue weighted by Crippen LogP contribution is -2.33. The van der Waals surface area contributed by atoms with Crippen molar-refractivity contribution in [2.75, 3.05) is 13.1 Å². The molecule has 134 valence electrons. The van der Waals surface area contributed by atoms with Gasteiger partial charge in [0.15, 0.2) is 5.69 Å². The number of amides is 1. The third-order valence-electron chi connectivity index (χ3n) is 5.37. The van der Waals surface area contributed by atoms with Crippen molar-refractivity contribution in [2.24, 2.45) is 0 Å². The fourth-order valence-corrected chi connectivity index (χ4v) is 4.50. The maximum atomic E-state index is 12.4. The first-order chi connectivity index (χ1) is 12.3. The van der Waals surface area contributed by atoms with Gasteiger partial charge in [-0.05, 0) is 60.9 Å². The van der Waals surface area contributed by atoms with Gasteiger partial charge in [-0.2, -0.15) is 11.3 Å². The van der Waals surface area contributed by atoms with Crippen LogP contribution in [0.4, 0.5) is 0 Å². The van der Waals surface area contributed by atoms with Crippen molar-refractivity contribution in [3.63, 3.8) is 0 Å². The third-order valence-corrected chi connectivity index (χ3v) is 6.10. The number of nitrogens with zero attached hydrogens (tertiary/aromatic N) is 4. The van der Waals surface area contributed by atoms with Gasteiger partial charge in [-0.15, -0.1) is 5.10 Å². The van der Waals surface area contributed by atoms with Gasteiger partial charge in [0.05, 0.1) is 12.2 Å². The molecule has 1 amide bonds. The number of nitrogens with one attached hydrogen (secondary N) is 1. The van der Waals surface area contributed by atoms with E-state index in [4.69, 9.17) is 0 Å². The highest BCUT2D eigenvalue weighted by molar-refractivity contribution is 7.07. The number of carbonyl (C=O) groups excluding carboxylic acids is 1. The van der Waals surface area contributed by atoms with Crippen LogP contribution in [0.5, 0.6) is 0 Å². The van der Waals surface area contributed by atoms with E-state index in [1.807, 2.05) is 15.8 Å². The number of hydrogen-bond donors (Lipinski definition) is 1. The maximum Gasteiger partial charge on any atom is 0.276 e. The summed E-state index contributed by atoms with van der Waals surface area (Å²) in [5.41, 5.74) is 1.87. The Balaban J connectivity index is 1.28. The predicted molar refractivity (Wildman–Crippen MR) is 97.6 cm³/mol. The molecule has 25 heavy (non-hydrogen) atoms. The Morgan fingerprint density at radius 1 is 1.24 bits per heavy atom. The summed E-state index contributed by atoms with van der Waals surface area (Å²) in [4.78, 5) is 14.3. The van der Waals surface area contributed by atoms with Crippen LogP contribution in [0, 0.1) is 0 Å². The average molecular weight is 359 g/mol. The molecule has 2 aromatic heterocycles. The van der Waals surface area contributed by atoms with E-state index < -0.39 is 0 Å². The molecule has 6 nitrogen and oxygen atoms in total. The third kappa shape index (κ3) is 3.93. The van der Waals surface area contributed by atoms with Crippen molar-refractivity contribution >= 4 is 17.2 Å². The first kappa shape index (κ1) is 16.7. The Morgan fingerprint density at radius 2 is 2.04 bits per heavy atom. The molecule has 7 heteroatoms. The van der Waals surface area contributed by atoms with E-state index in [0.717, 1.165) is 58.2 Å². The van der Waals surface area contributed by atoms with Gasteiger partial charge in [0, 0.05) is 25.7 Å². The first-order valence-electron chi connectivity index (χ1n) is 9.25. The Hall–Kier alpha value is -1.73. The van der Waals surface area contributed by atoms with Gasteiger partial charge >= 0.3 is 0 Å². The van der Waals surface area contributed by atoms with Crippen LogP contribution in [0.15, 0.2) is 23.0 Å². The van der Waals surface area contributed by atoms with Crippen LogP contribution in [-0.4, -0.2) is 44.9 Å². The Labute approximate surface area is 152 Å². The van der Waals surface area contributed by atoms with Gasteiger partial charge in [-0.25, -0.2) is 4.68 Å². The highest BCUT2D eigenvalue weighted by Crippen LogP contribution is 2.28. The summed E-state index contributed by atoms with van der Waals surface area (Å²) in [6, 6.07) is 3.12. The molecule has 0 atom stereocenters. The summed E-state index contributed by atoms with van der Waals surface area (Å²) >= 11 is 1.75. The normalized spacial score (nSPS) is 23.9. The van der Waals surface area contributed by atoms with Crippen LogP contribution in [0.25, 0.3) is 0 Å². The number of thiophene rings is 1. The van der Waals surface area contributed by atoms with Gasteiger partial charge in [0.1, 0.15) is 0 Å². The quantitative estimate of drug-likeness (QED) is 0.892. The van der Waals surface area contributed by atoms with Crippen LogP contribution in [0.1, 0.15) is 60.6 Å². The molecule has 2 aliphatic rings. The lowest BCUT2D eigenvalue weighted by atomic mass is 9.91. The summed E-state index contributed by atoms with van der Waals surface area (Å²) in [5, 5.41) is 16.4. The molecule has 4 rings (SSSR count). The molecule has 2 fully saturated rings. The van der Waals surface area contributed by atoms with Crippen LogP contribution in [0.3, 0.4) is 0 Å². The zero-order chi connectivity index (χ0) is 17.1. The average Bonchev–Trinajstić information content (AvgIpc) is 3.42. The Morgan fingerprint density at radius 3 is 2.76 bits per heavy atom. The Bertz CT molecular complexity index is 684. The van der Waals surface area contributed by atoms with Gasteiger partial charge in [0.2, 0.25) is 0 Å². The number of hydrogen-bond acceptors (Lipinski definition) is 5. The van der Waals surface area contributed by atoms with Gasteiger partial charge < -0.3 is 10.2 Å². The molecule has 1 aliphatic heterocycles. The van der Waals surface area contributed by atoms with E-state index in [0.29, 0.717) is 17.8 Å². The summed E-state index contributed by atoms with van der Waals surface area (Å²) in [5.74, 6) is 0.0369. The number of likely N-dealkylation sites (tertiary alicyclic amines) is 1. The smallest absolute Gasteiger partial charge is 0.276 e. The van der Waals surface area contributed by atoms with Gasteiger partial charge in [-0.3, -0.25) is 4.79 Å². The molecule has 0 aromatic carbocycles. The number of rotatable bonds is 5. The molecule has 0 radical (unpaired) electrons. The van der Waals surface area contributed by atoms with E-state index in [9.17, 15) is 4.79 Å². The predicted octanol–water partition coefficient (Wildman–Crippen LogP) is 2.85. The SMILES string of the molecule is O=C(c1cn(C2CCC(NCc3ccsc3)CC2)nn1)N1CCCC1. The minimum atomic E-state index is 0.0369. The second kappa shape index (κ2) is 7.66. The van der Waals surface area contributed by atoms with Crippen LogP contribution < -0.4 is 5.32 Å². The largest absolute Gasteiger partial charge is 0.337 e. The second-order valence-corrected chi connectivity index (χ2v) is 7.88. The standard InChI is InChI=1S/C18H25N5OS/c24-18(22-8-1-2-9-22)17-12-23(21-20-17)16-5-3-15(4-6-16)19-11-14-7-10-25-13-14/h7,10,12-13,15-16,19H,1-6,8-9,11H2. The molecular weight excluding hydrogens is 334 g/mol. The zero-order valence-corrected chi connectivity index (χ0v) is 15.2. The van der Waals surface area contributed by atoms with Crippen molar-refractivity contribution in [3.8, 4) is 0 Å². The molecule has 0 unspecified atom stereocenters.